The fraction of sp³-hybridized carbons (Fsp3) is 0. The van der Waals surface area contributed by atoms with E-state index in [1.807, 2.05) is 0 Å². The summed E-state index contributed by atoms with van der Waals surface area (Å²) in [7, 11) is 0. The van der Waals surface area contributed by atoms with Crippen molar-refractivity contribution in [1.82, 2.24) is 0 Å². The summed E-state index contributed by atoms with van der Waals surface area (Å²) in [6, 6.07) is 67.5. The van der Waals surface area contributed by atoms with Gasteiger partial charge >= 0.3 is 0 Å². The van der Waals surface area contributed by atoms with Gasteiger partial charge in [-0.15, -0.1) is 0 Å². The molecule has 0 amide bonds. The minimum absolute atomic E-state index is 0.899. The van der Waals surface area contributed by atoms with Crippen molar-refractivity contribution in [3.05, 3.63) is 188 Å². The molecule has 10 rings (SSSR count). The molecule has 9 aromatic carbocycles. The molecule has 2 heteroatoms. The molecule has 0 saturated carbocycles. The summed E-state index contributed by atoms with van der Waals surface area (Å²) in [5.41, 5.74) is 9.68. The van der Waals surface area contributed by atoms with Gasteiger partial charge in [0.15, 0.2) is 0 Å². The molecule has 2 nitrogen and oxygen atoms in total. The Balaban J connectivity index is 1.18. The molecular formula is C48H31NO. The zero-order valence-corrected chi connectivity index (χ0v) is 27.3. The molecule has 0 fully saturated rings. The van der Waals surface area contributed by atoms with E-state index in [1.165, 1.54) is 38.1 Å². The van der Waals surface area contributed by atoms with Crippen molar-refractivity contribution in [2.45, 2.75) is 0 Å². The molecule has 0 spiro atoms. The Morgan fingerprint density at radius 1 is 0.320 bits per heavy atom. The SMILES string of the molecule is c1ccc(N(c2ccc(-c3ccc4ccccc4c3)cc2)c2cccc3ccccc23)c(-c2cccc3c2oc2c4ccccc4ccc32)c1. The van der Waals surface area contributed by atoms with Crippen LogP contribution in [0.4, 0.5) is 17.1 Å². The molecule has 0 aliphatic carbocycles. The first-order valence-corrected chi connectivity index (χ1v) is 17.1. The van der Waals surface area contributed by atoms with Gasteiger partial charge in [-0.3, -0.25) is 0 Å². The van der Waals surface area contributed by atoms with Gasteiger partial charge < -0.3 is 9.32 Å². The van der Waals surface area contributed by atoms with Crippen molar-refractivity contribution in [1.29, 1.82) is 0 Å². The molecule has 0 bridgehead atoms. The summed E-state index contributed by atoms with van der Waals surface area (Å²) < 4.78 is 6.84. The molecule has 0 radical (unpaired) electrons. The molecule has 0 aliphatic rings. The first kappa shape index (κ1) is 28.4. The smallest absolute Gasteiger partial charge is 0.143 e. The topological polar surface area (TPSA) is 16.4 Å². The van der Waals surface area contributed by atoms with Crippen LogP contribution in [0.15, 0.2) is 192 Å². The number of rotatable bonds is 5. The van der Waals surface area contributed by atoms with Gasteiger partial charge in [-0.05, 0) is 69.1 Å². The van der Waals surface area contributed by atoms with Crippen LogP contribution in [0, 0.1) is 0 Å². The van der Waals surface area contributed by atoms with E-state index in [0.29, 0.717) is 0 Å². The summed E-state index contributed by atoms with van der Waals surface area (Å²) in [6.45, 7) is 0. The Labute approximate surface area is 290 Å². The Bertz CT molecular complexity index is 2870. The second-order valence-electron chi connectivity index (χ2n) is 12.9. The average Bonchev–Trinajstić information content (AvgIpc) is 3.58. The van der Waals surface area contributed by atoms with E-state index in [9.17, 15) is 0 Å². The maximum atomic E-state index is 6.84. The van der Waals surface area contributed by atoms with Crippen molar-refractivity contribution in [3.8, 4) is 22.3 Å². The summed E-state index contributed by atoms with van der Waals surface area (Å²) in [4.78, 5) is 2.40. The first-order chi connectivity index (χ1) is 24.8. The fourth-order valence-electron chi connectivity index (χ4n) is 7.62. The third-order valence-corrected chi connectivity index (χ3v) is 10.0. The lowest BCUT2D eigenvalue weighted by Crippen LogP contribution is -2.11. The van der Waals surface area contributed by atoms with Crippen LogP contribution < -0.4 is 4.90 Å². The van der Waals surface area contributed by atoms with E-state index < -0.39 is 0 Å². The van der Waals surface area contributed by atoms with Crippen LogP contribution in [0.25, 0.3) is 76.5 Å². The fourth-order valence-corrected chi connectivity index (χ4v) is 7.62. The molecule has 0 unspecified atom stereocenters. The quantitative estimate of drug-likeness (QED) is 0.187. The molecule has 50 heavy (non-hydrogen) atoms. The van der Waals surface area contributed by atoms with Crippen LogP contribution in [0.2, 0.25) is 0 Å². The highest BCUT2D eigenvalue weighted by atomic mass is 16.3. The number of furan rings is 1. The summed E-state index contributed by atoms with van der Waals surface area (Å²) >= 11 is 0. The monoisotopic (exact) mass is 637 g/mol. The summed E-state index contributed by atoms with van der Waals surface area (Å²) in [5, 5.41) is 9.44. The highest BCUT2D eigenvalue weighted by molar-refractivity contribution is 6.18. The van der Waals surface area contributed by atoms with Crippen molar-refractivity contribution < 1.29 is 4.42 Å². The molecule has 0 saturated heterocycles. The number of hydrogen-bond acceptors (Lipinski definition) is 2. The largest absolute Gasteiger partial charge is 0.455 e. The Kier molecular flexibility index (Phi) is 6.53. The predicted molar refractivity (Wildman–Crippen MR) is 212 cm³/mol. The second kappa shape index (κ2) is 11.5. The van der Waals surface area contributed by atoms with E-state index >= 15 is 0 Å². The number of fused-ring (bicyclic) bond motifs is 7. The summed E-state index contributed by atoms with van der Waals surface area (Å²) in [5.74, 6) is 0. The third-order valence-electron chi connectivity index (χ3n) is 10.0. The van der Waals surface area contributed by atoms with Crippen molar-refractivity contribution in [2.24, 2.45) is 0 Å². The number of hydrogen-bond donors (Lipinski definition) is 0. The number of nitrogens with zero attached hydrogens (tertiary/aromatic N) is 1. The van der Waals surface area contributed by atoms with Crippen LogP contribution in [-0.4, -0.2) is 0 Å². The van der Waals surface area contributed by atoms with Gasteiger partial charge in [0, 0.05) is 38.4 Å². The first-order valence-electron chi connectivity index (χ1n) is 17.1. The Morgan fingerprint density at radius 2 is 0.880 bits per heavy atom. The van der Waals surface area contributed by atoms with E-state index in [4.69, 9.17) is 4.42 Å². The van der Waals surface area contributed by atoms with Gasteiger partial charge in [-0.25, -0.2) is 0 Å². The maximum Gasteiger partial charge on any atom is 0.143 e. The molecule has 10 aromatic rings. The second-order valence-corrected chi connectivity index (χ2v) is 12.9. The molecular weight excluding hydrogens is 607 g/mol. The lowest BCUT2D eigenvalue weighted by atomic mass is 9.97. The van der Waals surface area contributed by atoms with E-state index in [2.05, 4.69) is 193 Å². The van der Waals surface area contributed by atoms with Gasteiger partial charge in [0.2, 0.25) is 0 Å². The number of benzene rings is 9. The normalized spacial score (nSPS) is 11.6. The molecule has 1 heterocycles. The minimum Gasteiger partial charge on any atom is -0.455 e. The third kappa shape index (κ3) is 4.57. The van der Waals surface area contributed by atoms with Gasteiger partial charge in [0.1, 0.15) is 11.2 Å². The van der Waals surface area contributed by atoms with Crippen LogP contribution in [0.1, 0.15) is 0 Å². The van der Waals surface area contributed by atoms with Gasteiger partial charge in [0.05, 0.1) is 11.4 Å². The predicted octanol–water partition coefficient (Wildman–Crippen LogP) is 13.8. The van der Waals surface area contributed by atoms with Crippen molar-refractivity contribution >= 4 is 71.3 Å². The van der Waals surface area contributed by atoms with Crippen LogP contribution in [0.5, 0.6) is 0 Å². The minimum atomic E-state index is 0.899. The average molecular weight is 638 g/mol. The van der Waals surface area contributed by atoms with Crippen LogP contribution in [0.3, 0.4) is 0 Å². The molecule has 0 N–H and O–H groups in total. The molecule has 234 valence electrons. The van der Waals surface area contributed by atoms with E-state index in [-0.39, 0.29) is 0 Å². The highest BCUT2D eigenvalue weighted by Gasteiger charge is 2.22. The van der Waals surface area contributed by atoms with E-state index in [0.717, 1.165) is 55.5 Å². The van der Waals surface area contributed by atoms with Crippen molar-refractivity contribution in [3.63, 3.8) is 0 Å². The van der Waals surface area contributed by atoms with Crippen molar-refractivity contribution in [2.75, 3.05) is 4.90 Å². The Hall–Kier alpha value is -6.64. The number of para-hydroxylation sites is 2. The number of anilines is 3. The summed E-state index contributed by atoms with van der Waals surface area (Å²) in [6.07, 6.45) is 0. The Morgan fingerprint density at radius 3 is 1.74 bits per heavy atom. The van der Waals surface area contributed by atoms with E-state index in [1.54, 1.807) is 0 Å². The van der Waals surface area contributed by atoms with Gasteiger partial charge in [0.25, 0.3) is 0 Å². The zero-order chi connectivity index (χ0) is 33.0. The van der Waals surface area contributed by atoms with Gasteiger partial charge in [-0.1, -0.05) is 152 Å². The zero-order valence-electron chi connectivity index (χ0n) is 27.3. The molecule has 1 aromatic heterocycles. The maximum absolute atomic E-state index is 6.84. The standard InChI is InChI=1S/C48H31NO/c1-2-14-36-31-37(24-23-32(36)11-1)33-25-28-38(29-26-33)49(45-22-9-15-34-12-3-5-16-39(34)45)46-21-8-7-18-41(46)42-19-10-20-43-44-30-27-35-13-4-6-17-40(35)47(44)50-48(42)43/h1-31H. The van der Waals surface area contributed by atoms with Gasteiger partial charge in [-0.2, -0.15) is 0 Å². The highest BCUT2D eigenvalue weighted by Crippen LogP contribution is 2.46. The van der Waals surface area contributed by atoms with Crippen LogP contribution >= 0.6 is 0 Å². The molecule has 0 atom stereocenters. The van der Waals surface area contributed by atoms with Crippen LogP contribution in [-0.2, 0) is 0 Å². The molecule has 0 aliphatic heterocycles. The lowest BCUT2D eigenvalue weighted by molar-refractivity contribution is 0.674. The lowest BCUT2D eigenvalue weighted by Gasteiger charge is -2.29.